The Hall–Kier alpha value is -1.74. The number of hydrogen-bond donors (Lipinski definition) is 1. The van der Waals surface area contributed by atoms with E-state index < -0.39 is 0 Å². The van der Waals surface area contributed by atoms with Gasteiger partial charge in [-0.2, -0.15) is 0 Å². The molecule has 0 saturated carbocycles. The highest BCUT2D eigenvalue weighted by atomic mass is 16.5. The molecule has 1 N–H and O–H groups in total. The number of hydrogen-bond acceptors (Lipinski definition) is 2. The molecule has 1 aliphatic rings. The summed E-state index contributed by atoms with van der Waals surface area (Å²) in [5, 5.41) is 3.50. The van der Waals surface area contributed by atoms with Crippen molar-refractivity contribution in [3.05, 3.63) is 53.9 Å². The third kappa shape index (κ3) is 2.98. The van der Waals surface area contributed by atoms with Gasteiger partial charge in [0.25, 0.3) is 0 Å². The van der Waals surface area contributed by atoms with Crippen molar-refractivity contribution < 1.29 is 4.74 Å². The lowest BCUT2D eigenvalue weighted by Crippen LogP contribution is -2.23. The number of aromatic nitrogens is 1. The molecule has 3 heteroatoms. The predicted octanol–water partition coefficient (Wildman–Crippen LogP) is 3.72. The van der Waals surface area contributed by atoms with Gasteiger partial charge in [-0.1, -0.05) is 25.1 Å². The summed E-state index contributed by atoms with van der Waals surface area (Å²) < 4.78 is 8.16. The Balaban J connectivity index is 1.81. The van der Waals surface area contributed by atoms with Gasteiger partial charge < -0.3 is 14.6 Å². The van der Waals surface area contributed by atoms with Crippen LogP contribution in [0.25, 0.3) is 0 Å². The maximum Gasteiger partial charge on any atom is 0.122 e. The molecule has 0 aliphatic carbocycles. The van der Waals surface area contributed by atoms with Crippen molar-refractivity contribution >= 4 is 0 Å². The fourth-order valence-corrected chi connectivity index (χ4v) is 3.24. The van der Waals surface area contributed by atoms with Crippen molar-refractivity contribution in [3.8, 4) is 5.75 Å². The van der Waals surface area contributed by atoms with Gasteiger partial charge >= 0.3 is 0 Å². The van der Waals surface area contributed by atoms with Crippen LogP contribution < -0.4 is 10.1 Å². The van der Waals surface area contributed by atoms with Crippen LogP contribution in [-0.2, 0) is 6.54 Å². The highest BCUT2D eigenvalue weighted by Crippen LogP contribution is 2.34. The van der Waals surface area contributed by atoms with Crippen molar-refractivity contribution in [2.45, 2.75) is 38.8 Å². The minimum atomic E-state index is 0.389. The summed E-state index contributed by atoms with van der Waals surface area (Å²) in [6.45, 7) is 7.22. The number of fused-ring (bicyclic) bond motifs is 1. The molecule has 0 bridgehead atoms. The summed E-state index contributed by atoms with van der Waals surface area (Å²) in [5.41, 5.74) is 2.71. The van der Waals surface area contributed by atoms with Crippen LogP contribution in [-0.4, -0.2) is 17.7 Å². The molecule has 3 nitrogen and oxygen atoms in total. The summed E-state index contributed by atoms with van der Waals surface area (Å²) in [6.07, 6.45) is 3.28. The zero-order chi connectivity index (χ0) is 14.7. The summed E-state index contributed by atoms with van der Waals surface area (Å²) in [7, 11) is 0. The topological polar surface area (TPSA) is 26.2 Å². The Morgan fingerprint density at radius 3 is 3.00 bits per heavy atom. The highest BCUT2D eigenvalue weighted by molar-refractivity contribution is 5.37. The van der Waals surface area contributed by atoms with Gasteiger partial charge in [0.05, 0.1) is 6.61 Å². The van der Waals surface area contributed by atoms with Gasteiger partial charge in [-0.3, -0.25) is 0 Å². The van der Waals surface area contributed by atoms with Crippen LogP contribution in [0.5, 0.6) is 5.75 Å². The van der Waals surface area contributed by atoms with E-state index in [9.17, 15) is 0 Å². The van der Waals surface area contributed by atoms with Gasteiger partial charge in [-0.05, 0) is 43.7 Å². The molecular formula is C18H24N2O. The van der Waals surface area contributed by atoms with Crippen LogP contribution in [0.4, 0.5) is 0 Å². The monoisotopic (exact) mass is 284 g/mol. The summed E-state index contributed by atoms with van der Waals surface area (Å²) in [5.74, 6) is 1.59. The molecule has 112 valence electrons. The Morgan fingerprint density at radius 2 is 2.14 bits per heavy atom. The molecule has 2 aromatic rings. The Kier molecular flexibility index (Phi) is 4.30. The van der Waals surface area contributed by atoms with Crippen molar-refractivity contribution in [1.29, 1.82) is 0 Å². The minimum Gasteiger partial charge on any atom is -0.493 e. The highest BCUT2D eigenvalue weighted by Gasteiger charge is 2.22. The molecule has 3 rings (SSSR count). The predicted molar refractivity (Wildman–Crippen MR) is 85.8 cm³/mol. The zero-order valence-electron chi connectivity index (χ0n) is 12.9. The fraction of sp³-hybridized carbons (Fsp3) is 0.444. The van der Waals surface area contributed by atoms with Crippen molar-refractivity contribution in [2.24, 2.45) is 0 Å². The number of para-hydroxylation sites is 1. The van der Waals surface area contributed by atoms with E-state index in [1.807, 2.05) is 0 Å². The fourth-order valence-electron chi connectivity index (χ4n) is 3.24. The normalized spacial score (nSPS) is 18.9. The first-order valence-electron chi connectivity index (χ1n) is 7.89. The quantitative estimate of drug-likeness (QED) is 0.905. The van der Waals surface area contributed by atoms with E-state index in [0.717, 1.165) is 31.9 Å². The molecule has 2 atom stereocenters. The van der Waals surface area contributed by atoms with E-state index in [1.54, 1.807) is 0 Å². The Bertz CT molecular complexity index is 590. The van der Waals surface area contributed by atoms with Crippen LogP contribution in [0, 0.1) is 0 Å². The van der Waals surface area contributed by atoms with E-state index in [-0.39, 0.29) is 0 Å². The molecule has 0 saturated heterocycles. The largest absolute Gasteiger partial charge is 0.493 e. The van der Waals surface area contributed by atoms with Crippen molar-refractivity contribution in [2.75, 3.05) is 13.2 Å². The lowest BCUT2D eigenvalue weighted by Gasteiger charge is -2.27. The molecule has 1 aliphatic heterocycles. The van der Waals surface area contributed by atoms with E-state index in [1.165, 1.54) is 11.3 Å². The first-order valence-corrected chi connectivity index (χ1v) is 7.89. The molecule has 2 heterocycles. The van der Waals surface area contributed by atoms with E-state index in [2.05, 4.69) is 66.3 Å². The molecule has 1 aromatic carbocycles. The first-order chi connectivity index (χ1) is 10.3. The molecular weight excluding hydrogens is 260 g/mol. The Labute approximate surface area is 126 Å². The molecule has 1 aromatic heterocycles. The van der Waals surface area contributed by atoms with Gasteiger partial charge in [0, 0.05) is 30.4 Å². The average Bonchev–Trinajstić information content (AvgIpc) is 2.96. The van der Waals surface area contributed by atoms with Gasteiger partial charge in [-0.25, -0.2) is 0 Å². The van der Waals surface area contributed by atoms with Crippen LogP contribution in [0.2, 0.25) is 0 Å². The number of nitrogens with zero attached hydrogens (tertiary/aromatic N) is 1. The third-order valence-corrected chi connectivity index (χ3v) is 4.32. The number of ether oxygens (including phenoxy) is 1. The average molecular weight is 284 g/mol. The van der Waals surface area contributed by atoms with Gasteiger partial charge in [0.1, 0.15) is 5.75 Å². The maximum absolute atomic E-state index is 5.77. The standard InChI is InChI=1S/C18H24N2O/c1-3-19-14(2)17-8-6-11-20(17)13-15-10-12-21-18-9-5-4-7-16(15)18/h4-9,11,14-15,19H,3,10,12-13H2,1-2H3. The Morgan fingerprint density at radius 1 is 1.29 bits per heavy atom. The lowest BCUT2D eigenvalue weighted by atomic mass is 9.93. The second-order valence-electron chi connectivity index (χ2n) is 5.74. The SMILES string of the molecule is CCNC(C)c1cccn1CC1CCOc2ccccc21. The second kappa shape index (κ2) is 6.35. The van der Waals surface area contributed by atoms with Gasteiger partial charge in [0.2, 0.25) is 0 Å². The van der Waals surface area contributed by atoms with Crippen LogP contribution in [0.1, 0.15) is 43.5 Å². The van der Waals surface area contributed by atoms with Gasteiger partial charge in [0.15, 0.2) is 0 Å². The van der Waals surface area contributed by atoms with Crippen LogP contribution >= 0.6 is 0 Å². The molecule has 0 fully saturated rings. The molecule has 2 unspecified atom stereocenters. The maximum atomic E-state index is 5.77. The van der Waals surface area contributed by atoms with Gasteiger partial charge in [-0.15, -0.1) is 0 Å². The smallest absolute Gasteiger partial charge is 0.122 e. The van der Waals surface area contributed by atoms with Crippen LogP contribution in [0.3, 0.4) is 0 Å². The second-order valence-corrected chi connectivity index (χ2v) is 5.74. The van der Waals surface area contributed by atoms with E-state index in [4.69, 9.17) is 4.74 Å². The summed E-state index contributed by atoms with van der Waals surface area (Å²) in [6, 6.07) is 13.2. The minimum absolute atomic E-state index is 0.389. The number of benzene rings is 1. The van der Waals surface area contributed by atoms with E-state index >= 15 is 0 Å². The van der Waals surface area contributed by atoms with E-state index in [0.29, 0.717) is 12.0 Å². The lowest BCUT2D eigenvalue weighted by molar-refractivity contribution is 0.258. The molecule has 0 radical (unpaired) electrons. The molecule has 21 heavy (non-hydrogen) atoms. The molecule has 0 spiro atoms. The van der Waals surface area contributed by atoms with Crippen LogP contribution in [0.15, 0.2) is 42.6 Å². The molecule has 0 amide bonds. The number of rotatable bonds is 5. The summed E-state index contributed by atoms with van der Waals surface area (Å²) >= 11 is 0. The van der Waals surface area contributed by atoms with Crippen molar-refractivity contribution in [1.82, 2.24) is 9.88 Å². The zero-order valence-corrected chi connectivity index (χ0v) is 12.9. The summed E-state index contributed by atoms with van der Waals surface area (Å²) in [4.78, 5) is 0. The number of nitrogens with one attached hydrogen (secondary N) is 1. The first kappa shape index (κ1) is 14.2. The van der Waals surface area contributed by atoms with Crippen molar-refractivity contribution in [3.63, 3.8) is 0 Å². The third-order valence-electron chi connectivity index (χ3n) is 4.32.